The largest absolute Gasteiger partial charge is 0.340 e. The average molecular weight is 290 g/mol. The molecular weight excluding hydrogens is 272 g/mol. The fourth-order valence-corrected chi connectivity index (χ4v) is 2.19. The molecule has 0 bridgehead atoms. The van der Waals surface area contributed by atoms with E-state index in [0.717, 1.165) is 22.9 Å². The predicted octanol–water partition coefficient (Wildman–Crippen LogP) is 4.58. The van der Waals surface area contributed by atoms with Gasteiger partial charge in [0.2, 0.25) is 5.95 Å². The molecule has 0 aliphatic heterocycles. The van der Waals surface area contributed by atoms with Gasteiger partial charge in [-0.15, -0.1) is 0 Å². The molecule has 0 atom stereocenters. The third kappa shape index (κ3) is 3.41. The number of aryl methyl sites for hydroxylation is 2. The zero-order chi connectivity index (χ0) is 15.4. The number of rotatable bonds is 4. The molecule has 0 saturated carbocycles. The lowest BCUT2D eigenvalue weighted by atomic mass is 10.2. The number of para-hydroxylation sites is 2. The quantitative estimate of drug-likeness (QED) is 0.738. The van der Waals surface area contributed by atoms with Crippen molar-refractivity contribution >= 4 is 23.1 Å². The minimum Gasteiger partial charge on any atom is -0.340 e. The number of anilines is 4. The van der Waals surface area contributed by atoms with Crippen LogP contribution in [0.15, 0.2) is 60.7 Å². The molecule has 0 fully saturated rings. The Morgan fingerprint density at radius 1 is 0.773 bits per heavy atom. The van der Waals surface area contributed by atoms with E-state index >= 15 is 0 Å². The van der Waals surface area contributed by atoms with Gasteiger partial charge in [-0.05, 0) is 37.6 Å². The van der Waals surface area contributed by atoms with E-state index in [-0.39, 0.29) is 0 Å². The van der Waals surface area contributed by atoms with Crippen LogP contribution in [-0.2, 0) is 0 Å². The van der Waals surface area contributed by atoms with Crippen LogP contribution in [-0.4, -0.2) is 9.97 Å². The second-order valence-corrected chi connectivity index (χ2v) is 5.15. The smallest absolute Gasteiger partial charge is 0.229 e. The molecule has 1 aromatic heterocycles. The second kappa shape index (κ2) is 6.26. The normalized spacial score (nSPS) is 10.3. The van der Waals surface area contributed by atoms with Gasteiger partial charge in [-0.25, -0.2) is 4.98 Å². The summed E-state index contributed by atoms with van der Waals surface area (Å²) in [5, 5.41) is 6.57. The number of nitrogens with zero attached hydrogens (tertiary/aromatic N) is 2. The van der Waals surface area contributed by atoms with Crippen LogP contribution in [0.25, 0.3) is 0 Å². The fourth-order valence-electron chi connectivity index (χ4n) is 2.19. The summed E-state index contributed by atoms with van der Waals surface area (Å²) in [4.78, 5) is 8.96. The summed E-state index contributed by atoms with van der Waals surface area (Å²) in [7, 11) is 0. The summed E-state index contributed by atoms with van der Waals surface area (Å²) in [6.07, 6.45) is 0. The van der Waals surface area contributed by atoms with Gasteiger partial charge in [0.15, 0.2) is 0 Å². The van der Waals surface area contributed by atoms with Gasteiger partial charge in [0.1, 0.15) is 5.82 Å². The molecule has 0 unspecified atom stereocenters. The van der Waals surface area contributed by atoms with Crippen molar-refractivity contribution in [1.82, 2.24) is 9.97 Å². The Morgan fingerprint density at radius 3 is 2.27 bits per heavy atom. The fraction of sp³-hybridized carbons (Fsp3) is 0.111. The zero-order valence-corrected chi connectivity index (χ0v) is 12.7. The van der Waals surface area contributed by atoms with Crippen molar-refractivity contribution < 1.29 is 0 Å². The van der Waals surface area contributed by atoms with Crippen LogP contribution in [0.5, 0.6) is 0 Å². The predicted molar refractivity (Wildman–Crippen MR) is 91.0 cm³/mol. The molecule has 0 aliphatic carbocycles. The van der Waals surface area contributed by atoms with E-state index in [1.54, 1.807) is 0 Å². The second-order valence-electron chi connectivity index (χ2n) is 5.15. The van der Waals surface area contributed by atoms with E-state index in [1.165, 1.54) is 5.56 Å². The summed E-state index contributed by atoms with van der Waals surface area (Å²) in [6.45, 7) is 4.03. The van der Waals surface area contributed by atoms with Gasteiger partial charge in [-0.2, -0.15) is 4.98 Å². The lowest BCUT2D eigenvalue weighted by Crippen LogP contribution is -2.02. The molecule has 4 heteroatoms. The Morgan fingerprint density at radius 2 is 1.50 bits per heavy atom. The van der Waals surface area contributed by atoms with Gasteiger partial charge in [-0.3, -0.25) is 0 Å². The number of nitrogens with one attached hydrogen (secondary N) is 2. The van der Waals surface area contributed by atoms with Crippen molar-refractivity contribution in [3.05, 3.63) is 71.9 Å². The van der Waals surface area contributed by atoms with Crippen LogP contribution in [0.3, 0.4) is 0 Å². The lowest BCUT2D eigenvalue weighted by molar-refractivity contribution is 1.11. The van der Waals surface area contributed by atoms with Crippen molar-refractivity contribution in [2.24, 2.45) is 0 Å². The first-order valence-corrected chi connectivity index (χ1v) is 7.21. The summed E-state index contributed by atoms with van der Waals surface area (Å²) in [6, 6.07) is 20.0. The van der Waals surface area contributed by atoms with Crippen LogP contribution >= 0.6 is 0 Å². The van der Waals surface area contributed by atoms with Gasteiger partial charge >= 0.3 is 0 Å². The Bertz CT molecular complexity index is 769. The van der Waals surface area contributed by atoms with E-state index in [1.807, 2.05) is 61.5 Å². The number of aromatic nitrogens is 2. The standard InChI is InChI=1S/C18H18N4/c1-13-8-6-7-11-16(13)21-17-12-14(2)19-18(22-17)20-15-9-4-3-5-10-15/h3-12H,1-2H3,(H2,19,20,21,22). The summed E-state index contributed by atoms with van der Waals surface area (Å²) in [5.74, 6) is 1.36. The molecule has 2 aromatic carbocycles. The molecule has 2 N–H and O–H groups in total. The molecule has 0 aliphatic rings. The Hall–Kier alpha value is -2.88. The van der Waals surface area contributed by atoms with Crippen LogP contribution < -0.4 is 10.6 Å². The molecule has 0 saturated heterocycles. The topological polar surface area (TPSA) is 49.8 Å². The molecule has 1 heterocycles. The highest BCUT2D eigenvalue weighted by atomic mass is 15.1. The maximum Gasteiger partial charge on any atom is 0.229 e. The highest BCUT2D eigenvalue weighted by Gasteiger charge is 2.04. The minimum absolute atomic E-state index is 0.585. The lowest BCUT2D eigenvalue weighted by Gasteiger charge is -2.11. The number of benzene rings is 2. The van der Waals surface area contributed by atoms with Crippen molar-refractivity contribution in [3.8, 4) is 0 Å². The maximum atomic E-state index is 4.53. The van der Waals surface area contributed by atoms with Crippen LogP contribution in [0.2, 0.25) is 0 Å². The molecule has 4 nitrogen and oxygen atoms in total. The first-order chi connectivity index (χ1) is 10.7. The Labute approximate surface area is 130 Å². The van der Waals surface area contributed by atoms with Crippen molar-refractivity contribution in [3.63, 3.8) is 0 Å². The maximum absolute atomic E-state index is 4.53. The van der Waals surface area contributed by atoms with Crippen molar-refractivity contribution in [1.29, 1.82) is 0 Å². The van der Waals surface area contributed by atoms with E-state index in [0.29, 0.717) is 5.95 Å². The highest BCUT2D eigenvalue weighted by molar-refractivity contribution is 5.62. The molecule has 0 amide bonds. The van der Waals surface area contributed by atoms with Crippen LogP contribution in [0.1, 0.15) is 11.3 Å². The number of hydrogen-bond donors (Lipinski definition) is 2. The zero-order valence-electron chi connectivity index (χ0n) is 12.7. The summed E-state index contributed by atoms with van der Waals surface area (Å²) in [5.41, 5.74) is 4.10. The first kappa shape index (κ1) is 14.1. The Balaban J connectivity index is 1.85. The molecule has 3 rings (SSSR count). The van der Waals surface area contributed by atoms with E-state index in [4.69, 9.17) is 0 Å². The molecular formula is C18H18N4. The molecule has 110 valence electrons. The van der Waals surface area contributed by atoms with Crippen LogP contribution in [0.4, 0.5) is 23.1 Å². The minimum atomic E-state index is 0.585. The summed E-state index contributed by atoms with van der Waals surface area (Å²) < 4.78 is 0. The third-order valence-electron chi connectivity index (χ3n) is 3.29. The SMILES string of the molecule is Cc1cc(Nc2ccccc2C)nc(Nc2ccccc2)n1. The van der Waals surface area contributed by atoms with Crippen molar-refractivity contribution in [2.75, 3.05) is 10.6 Å². The van der Waals surface area contributed by atoms with E-state index in [2.05, 4.69) is 33.6 Å². The van der Waals surface area contributed by atoms with Gasteiger partial charge < -0.3 is 10.6 Å². The van der Waals surface area contributed by atoms with Gasteiger partial charge in [0.05, 0.1) is 0 Å². The Kier molecular flexibility index (Phi) is 4.01. The molecule has 3 aromatic rings. The first-order valence-electron chi connectivity index (χ1n) is 7.21. The van der Waals surface area contributed by atoms with Crippen molar-refractivity contribution in [2.45, 2.75) is 13.8 Å². The third-order valence-corrected chi connectivity index (χ3v) is 3.29. The average Bonchev–Trinajstić information content (AvgIpc) is 2.50. The van der Waals surface area contributed by atoms with Crippen LogP contribution in [0, 0.1) is 13.8 Å². The van der Waals surface area contributed by atoms with E-state index in [9.17, 15) is 0 Å². The van der Waals surface area contributed by atoms with Gasteiger partial charge in [-0.1, -0.05) is 36.4 Å². The van der Waals surface area contributed by atoms with Gasteiger partial charge in [0.25, 0.3) is 0 Å². The summed E-state index contributed by atoms with van der Waals surface area (Å²) >= 11 is 0. The van der Waals surface area contributed by atoms with E-state index < -0.39 is 0 Å². The number of hydrogen-bond acceptors (Lipinski definition) is 4. The van der Waals surface area contributed by atoms with Gasteiger partial charge in [0, 0.05) is 23.1 Å². The molecule has 22 heavy (non-hydrogen) atoms. The molecule has 0 radical (unpaired) electrons. The highest BCUT2D eigenvalue weighted by Crippen LogP contribution is 2.21. The monoisotopic (exact) mass is 290 g/mol. The molecule has 0 spiro atoms.